The van der Waals surface area contributed by atoms with E-state index in [0.29, 0.717) is 30.2 Å². The highest BCUT2D eigenvalue weighted by Crippen LogP contribution is 2.34. The van der Waals surface area contributed by atoms with Crippen LogP contribution in [0.5, 0.6) is 0 Å². The number of aliphatic hydroxyl groups excluding tert-OH is 1. The van der Waals surface area contributed by atoms with Crippen LogP contribution in [0.25, 0.3) is 0 Å². The Morgan fingerprint density at radius 3 is 2.21 bits per heavy atom. The predicted octanol–water partition coefficient (Wildman–Crippen LogP) is 2.05. The van der Waals surface area contributed by atoms with Crippen LogP contribution in [0.3, 0.4) is 0 Å². The summed E-state index contributed by atoms with van der Waals surface area (Å²) in [4.78, 5) is 26.4. The van der Waals surface area contributed by atoms with Gasteiger partial charge < -0.3 is 14.9 Å². The van der Waals surface area contributed by atoms with E-state index in [0.717, 1.165) is 12.3 Å². The van der Waals surface area contributed by atoms with Crippen LogP contribution in [0.1, 0.15) is 16.8 Å². The summed E-state index contributed by atoms with van der Waals surface area (Å²) in [5.41, 5.74) is -0.518. The van der Waals surface area contributed by atoms with Gasteiger partial charge in [-0.15, -0.1) is 0 Å². The Bertz CT molecular complexity index is 813. The van der Waals surface area contributed by atoms with E-state index in [9.17, 15) is 23.3 Å². The van der Waals surface area contributed by atoms with Crippen LogP contribution in [-0.4, -0.2) is 79.5 Å². The minimum atomic E-state index is -3.78. The summed E-state index contributed by atoms with van der Waals surface area (Å²) in [5, 5.41) is 21.6. The molecule has 0 heterocycles. The number of nitrogens with zero attached hydrogens (tertiary/aromatic N) is 3. The third-order valence-electron chi connectivity index (χ3n) is 3.95. The van der Waals surface area contributed by atoms with Gasteiger partial charge in [-0.25, -0.2) is 8.42 Å². The first kappa shape index (κ1) is 24.8. The zero-order valence-electron chi connectivity index (χ0n) is 15.6. The zero-order chi connectivity index (χ0) is 21.5. The van der Waals surface area contributed by atoms with E-state index < -0.39 is 26.4 Å². The van der Waals surface area contributed by atoms with E-state index in [1.165, 1.54) is 18.0 Å². The fourth-order valence-corrected chi connectivity index (χ4v) is 4.35. The molecule has 0 fully saturated rings. The maximum absolute atomic E-state index is 12.8. The average molecular weight is 545 g/mol. The van der Waals surface area contributed by atoms with Crippen molar-refractivity contribution in [3.8, 4) is 0 Å². The molecule has 0 spiro atoms. The van der Waals surface area contributed by atoms with Gasteiger partial charge in [-0.05, 0) is 12.5 Å². The van der Waals surface area contributed by atoms with Crippen molar-refractivity contribution in [1.82, 2.24) is 4.90 Å². The number of hydrogen-bond acceptors (Lipinski definition) is 7. The summed E-state index contributed by atoms with van der Waals surface area (Å²) in [6, 6.07) is 2.23. The standard InChI is InChI=1S/C16H23Br2N3O6S/c1-19(6-3-9-22)16(23)12-10-14(20(7-4-17)8-5-18)15(28(2,26)27)11-13(12)21(24)25/h10-11,22H,3-9H2,1-2H3. The zero-order valence-corrected chi connectivity index (χ0v) is 19.6. The summed E-state index contributed by atoms with van der Waals surface area (Å²) in [5.74, 6) is -0.612. The molecule has 1 aromatic rings. The van der Waals surface area contributed by atoms with Crippen LogP contribution in [0.15, 0.2) is 17.0 Å². The maximum Gasteiger partial charge on any atom is 0.283 e. The molecule has 0 saturated carbocycles. The van der Waals surface area contributed by atoms with Crippen molar-refractivity contribution >= 4 is 59.0 Å². The summed E-state index contributed by atoms with van der Waals surface area (Å²) in [6.45, 7) is 0.976. The lowest BCUT2D eigenvalue weighted by Gasteiger charge is -2.26. The average Bonchev–Trinajstić information content (AvgIpc) is 2.63. The lowest BCUT2D eigenvalue weighted by atomic mass is 10.1. The van der Waals surface area contributed by atoms with E-state index in [4.69, 9.17) is 5.11 Å². The molecule has 0 radical (unpaired) electrons. The van der Waals surface area contributed by atoms with Crippen LogP contribution in [0.2, 0.25) is 0 Å². The molecule has 1 rings (SSSR count). The van der Waals surface area contributed by atoms with E-state index in [2.05, 4.69) is 31.9 Å². The molecule has 0 unspecified atom stereocenters. The fraction of sp³-hybridized carbons (Fsp3) is 0.562. The van der Waals surface area contributed by atoms with Crippen molar-refractivity contribution in [3.63, 3.8) is 0 Å². The molecule has 1 amide bonds. The molecule has 1 aromatic carbocycles. The molecule has 0 aliphatic carbocycles. The molecule has 0 atom stereocenters. The van der Waals surface area contributed by atoms with Gasteiger partial charge in [-0.3, -0.25) is 14.9 Å². The molecule has 1 N–H and O–H groups in total. The van der Waals surface area contributed by atoms with Gasteiger partial charge in [0.05, 0.1) is 15.5 Å². The van der Waals surface area contributed by atoms with E-state index in [1.807, 2.05) is 0 Å². The monoisotopic (exact) mass is 543 g/mol. The molecule has 9 nitrogen and oxygen atoms in total. The summed E-state index contributed by atoms with van der Waals surface area (Å²) in [6.07, 6.45) is 1.30. The molecule has 158 valence electrons. The largest absolute Gasteiger partial charge is 0.396 e. The smallest absolute Gasteiger partial charge is 0.283 e. The van der Waals surface area contributed by atoms with Crippen molar-refractivity contribution in [2.24, 2.45) is 0 Å². The Kier molecular flexibility index (Phi) is 9.81. The Morgan fingerprint density at radius 1 is 1.21 bits per heavy atom. The number of alkyl halides is 2. The second kappa shape index (κ2) is 11.1. The van der Waals surface area contributed by atoms with E-state index >= 15 is 0 Å². The number of amides is 1. The summed E-state index contributed by atoms with van der Waals surface area (Å²) < 4.78 is 24.6. The number of carbonyl (C=O) groups is 1. The van der Waals surface area contributed by atoms with Crippen LogP contribution >= 0.6 is 31.9 Å². The number of halogens is 2. The Morgan fingerprint density at radius 2 is 1.79 bits per heavy atom. The number of aliphatic hydroxyl groups is 1. The molecular formula is C16H23Br2N3O6S. The van der Waals surface area contributed by atoms with Crippen molar-refractivity contribution < 1.29 is 23.2 Å². The molecule has 0 aliphatic rings. The van der Waals surface area contributed by atoms with Crippen LogP contribution in [0, 0.1) is 10.1 Å². The molecule has 0 bridgehead atoms. The van der Waals surface area contributed by atoms with Gasteiger partial charge in [-0.1, -0.05) is 31.9 Å². The molecular weight excluding hydrogens is 522 g/mol. The Hall–Kier alpha value is -1.24. The van der Waals surface area contributed by atoms with Gasteiger partial charge in [0.2, 0.25) is 0 Å². The minimum Gasteiger partial charge on any atom is -0.396 e. The normalized spacial score (nSPS) is 11.3. The highest BCUT2D eigenvalue weighted by atomic mass is 79.9. The van der Waals surface area contributed by atoms with Crippen molar-refractivity contribution in [1.29, 1.82) is 0 Å². The molecule has 28 heavy (non-hydrogen) atoms. The number of nitro groups is 1. The highest BCUT2D eigenvalue weighted by Gasteiger charge is 2.30. The van der Waals surface area contributed by atoms with Crippen LogP contribution in [0.4, 0.5) is 11.4 Å². The summed E-state index contributed by atoms with van der Waals surface area (Å²) >= 11 is 6.63. The highest BCUT2D eigenvalue weighted by molar-refractivity contribution is 9.09. The molecule has 0 aromatic heterocycles. The number of carbonyl (C=O) groups excluding carboxylic acids is 1. The molecule has 0 aliphatic heterocycles. The Balaban J connectivity index is 3.69. The first-order valence-corrected chi connectivity index (χ1v) is 12.5. The van der Waals surface area contributed by atoms with Gasteiger partial charge in [0, 0.05) is 56.3 Å². The SMILES string of the molecule is CN(CCCO)C(=O)c1cc(N(CCBr)CCBr)c(S(C)(=O)=O)cc1[N+](=O)[O-]. The number of hydrogen-bond donors (Lipinski definition) is 1. The second-order valence-electron chi connectivity index (χ2n) is 6.04. The van der Waals surface area contributed by atoms with Crippen LogP contribution < -0.4 is 4.90 Å². The number of benzene rings is 1. The maximum atomic E-state index is 12.8. The first-order valence-electron chi connectivity index (χ1n) is 8.34. The Labute approximate surface area is 181 Å². The quantitative estimate of drug-likeness (QED) is 0.257. The van der Waals surface area contributed by atoms with E-state index in [1.54, 1.807) is 4.90 Å². The number of nitro benzene ring substituents is 1. The first-order chi connectivity index (χ1) is 13.1. The predicted molar refractivity (Wildman–Crippen MR) is 115 cm³/mol. The second-order valence-corrected chi connectivity index (χ2v) is 9.61. The number of sulfone groups is 1. The van der Waals surface area contributed by atoms with Gasteiger partial charge in [0.15, 0.2) is 9.84 Å². The lowest BCUT2D eigenvalue weighted by Crippen LogP contribution is -2.31. The minimum absolute atomic E-state index is 0.123. The molecule has 12 heteroatoms. The van der Waals surface area contributed by atoms with Crippen molar-refractivity contribution in [3.05, 3.63) is 27.8 Å². The molecule has 0 saturated heterocycles. The summed E-state index contributed by atoms with van der Waals surface area (Å²) in [7, 11) is -2.31. The van der Waals surface area contributed by atoms with E-state index in [-0.39, 0.29) is 29.3 Å². The lowest BCUT2D eigenvalue weighted by molar-refractivity contribution is -0.385. The topological polar surface area (TPSA) is 121 Å². The third-order valence-corrected chi connectivity index (χ3v) is 5.79. The number of anilines is 1. The van der Waals surface area contributed by atoms with Gasteiger partial charge in [0.25, 0.3) is 11.6 Å². The van der Waals surface area contributed by atoms with Crippen LogP contribution in [-0.2, 0) is 9.84 Å². The van der Waals surface area contributed by atoms with Gasteiger partial charge >= 0.3 is 0 Å². The van der Waals surface area contributed by atoms with Crippen molar-refractivity contribution in [2.45, 2.75) is 11.3 Å². The van der Waals surface area contributed by atoms with Crippen molar-refractivity contribution in [2.75, 3.05) is 55.1 Å². The number of rotatable bonds is 11. The van der Waals surface area contributed by atoms with Gasteiger partial charge in [-0.2, -0.15) is 0 Å². The third kappa shape index (κ3) is 6.39. The van der Waals surface area contributed by atoms with Gasteiger partial charge in [0.1, 0.15) is 5.56 Å². The fourth-order valence-electron chi connectivity index (χ4n) is 2.60.